The predicted molar refractivity (Wildman–Crippen MR) is 93.7 cm³/mol. The molecule has 13 heteroatoms. The van der Waals surface area contributed by atoms with Crippen molar-refractivity contribution in [3.8, 4) is 11.8 Å². The molecule has 1 heterocycles. The molecule has 0 radical (unpaired) electrons. The van der Waals surface area contributed by atoms with E-state index >= 15 is 0 Å². The molecule has 2 atom stereocenters. The summed E-state index contributed by atoms with van der Waals surface area (Å²) in [5.74, 6) is 4.16. The number of alkyl halides is 7. The van der Waals surface area contributed by atoms with E-state index in [-0.39, 0.29) is 6.42 Å². The maximum absolute atomic E-state index is 12.4. The van der Waals surface area contributed by atoms with E-state index in [1.54, 1.807) is 6.92 Å². The number of hydrogen-bond donors (Lipinski definition) is 1. The van der Waals surface area contributed by atoms with Crippen LogP contribution in [0.25, 0.3) is 0 Å². The van der Waals surface area contributed by atoms with Crippen LogP contribution in [0.2, 0.25) is 0 Å². The van der Waals surface area contributed by atoms with Crippen LogP contribution in [-0.4, -0.2) is 55.1 Å². The highest BCUT2D eigenvalue weighted by molar-refractivity contribution is 6.19. The molecule has 0 spiro atoms. The Bertz CT molecular complexity index is 726. The second-order valence-electron chi connectivity index (χ2n) is 6.22. The fraction of sp³-hybridized carbons (Fsp3) is 0.611. The minimum absolute atomic E-state index is 0.148. The van der Waals surface area contributed by atoms with Crippen molar-refractivity contribution in [2.75, 3.05) is 13.9 Å². The van der Waals surface area contributed by atoms with Crippen molar-refractivity contribution < 1.29 is 49.9 Å². The maximum atomic E-state index is 12.4. The van der Waals surface area contributed by atoms with Crippen LogP contribution in [0.15, 0.2) is 12.7 Å². The van der Waals surface area contributed by atoms with Gasteiger partial charge >= 0.3 is 18.4 Å². The van der Waals surface area contributed by atoms with Gasteiger partial charge in [0.25, 0.3) is 6.10 Å². The number of halogens is 7. The Labute approximate surface area is 173 Å². The van der Waals surface area contributed by atoms with Gasteiger partial charge in [0.1, 0.15) is 5.41 Å². The molecule has 4 amide bonds. The largest absolute Gasteiger partial charge is 0.423 e. The summed E-state index contributed by atoms with van der Waals surface area (Å²) in [4.78, 5) is 37.0. The standard InChI is InChI=1S/C14H18N2O3.C4H3F7O/c1-5-7-8-10(3)14(9-6-2)11(17)15-13(19)16(4)12(14)18;5-1-12-2(3(6,7)8)4(9,10)11/h6,10H,2,5,9H2,1,3-4H3,(H,15,17,19);2H,1H2. The number of carbonyl (C=O) groups is 3. The average molecular weight is 462 g/mol. The molecule has 1 N–H and O–H groups in total. The predicted octanol–water partition coefficient (Wildman–Crippen LogP) is 3.73. The Morgan fingerprint density at radius 3 is 2.06 bits per heavy atom. The molecule has 2 unspecified atom stereocenters. The van der Waals surface area contributed by atoms with Crippen molar-refractivity contribution in [1.82, 2.24) is 10.2 Å². The van der Waals surface area contributed by atoms with Gasteiger partial charge in [-0.2, -0.15) is 26.3 Å². The highest BCUT2D eigenvalue weighted by atomic mass is 19.4. The van der Waals surface area contributed by atoms with Crippen molar-refractivity contribution >= 4 is 17.8 Å². The lowest BCUT2D eigenvalue weighted by Gasteiger charge is -2.39. The Morgan fingerprint density at radius 1 is 1.19 bits per heavy atom. The molecule has 0 aliphatic carbocycles. The molecule has 1 fully saturated rings. The SMILES string of the molecule is C=CCC1(C(C)C#CCC)C(=O)NC(=O)N(C)C1=O.FCOC(C(F)(F)F)C(F)(F)F. The minimum Gasteiger partial charge on any atom is -0.329 e. The molecule has 6 nitrogen and oxygen atoms in total. The van der Waals surface area contributed by atoms with Crippen LogP contribution in [-0.2, 0) is 14.3 Å². The van der Waals surface area contributed by atoms with E-state index in [0.717, 1.165) is 4.90 Å². The van der Waals surface area contributed by atoms with E-state index in [4.69, 9.17) is 0 Å². The summed E-state index contributed by atoms with van der Waals surface area (Å²) in [7, 11) is 1.35. The first-order valence-corrected chi connectivity index (χ1v) is 8.65. The molecule has 1 saturated heterocycles. The fourth-order valence-electron chi connectivity index (χ4n) is 2.56. The van der Waals surface area contributed by atoms with Crippen molar-refractivity contribution in [2.45, 2.75) is 45.1 Å². The first-order chi connectivity index (χ1) is 14.1. The second-order valence-corrected chi connectivity index (χ2v) is 6.22. The van der Waals surface area contributed by atoms with Gasteiger partial charge in [0.15, 0.2) is 6.86 Å². The van der Waals surface area contributed by atoms with Gasteiger partial charge in [-0.3, -0.25) is 19.8 Å². The van der Waals surface area contributed by atoms with Gasteiger partial charge in [-0.1, -0.05) is 18.9 Å². The Kier molecular flexibility index (Phi) is 10.2. The molecule has 1 aliphatic rings. The molecule has 1 aliphatic heterocycles. The van der Waals surface area contributed by atoms with Crippen LogP contribution in [0.1, 0.15) is 26.7 Å². The number of ether oxygens (including phenoxy) is 1. The lowest BCUT2D eigenvalue weighted by Crippen LogP contribution is -2.64. The van der Waals surface area contributed by atoms with Gasteiger partial charge in [0.2, 0.25) is 11.8 Å². The van der Waals surface area contributed by atoms with Gasteiger partial charge in [-0.05, 0) is 13.3 Å². The van der Waals surface area contributed by atoms with Crippen LogP contribution in [0.5, 0.6) is 0 Å². The highest BCUT2D eigenvalue weighted by Gasteiger charge is 2.58. The van der Waals surface area contributed by atoms with Gasteiger partial charge < -0.3 is 4.74 Å². The number of allylic oxidation sites excluding steroid dienone is 1. The Hall–Kier alpha value is -2.62. The van der Waals surface area contributed by atoms with E-state index in [9.17, 15) is 45.1 Å². The number of nitrogens with zero attached hydrogens (tertiary/aromatic N) is 1. The molecule has 0 aromatic carbocycles. The summed E-state index contributed by atoms with van der Waals surface area (Å²) in [6.07, 6.45) is -13.0. The average Bonchev–Trinajstić information content (AvgIpc) is 2.64. The zero-order chi connectivity index (χ0) is 24.6. The van der Waals surface area contributed by atoms with E-state index in [1.165, 1.54) is 13.1 Å². The molecule has 176 valence electrons. The van der Waals surface area contributed by atoms with E-state index in [1.807, 2.05) is 6.92 Å². The molecule has 0 aromatic heterocycles. The molecule has 31 heavy (non-hydrogen) atoms. The van der Waals surface area contributed by atoms with E-state index in [0.29, 0.717) is 6.42 Å². The second kappa shape index (κ2) is 11.1. The number of hydrogen-bond acceptors (Lipinski definition) is 4. The summed E-state index contributed by atoms with van der Waals surface area (Å²) < 4.78 is 82.3. The smallest absolute Gasteiger partial charge is 0.329 e. The van der Waals surface area contributed by atoms with Gasteiger partial charge in [-0.25, -0.2) is 9.18 Å². The Morgan fingerprint density at radius 2 is 1.71 bits per heavy atom. The molecular weight excluding hydrogens is 441 g/mol. The van der Waals surface area contributed by atoms with E-state index in [2.05, 4.69) is 28.5 Å². The van der Waals surface area contributed by atoms with Crippen LogP contribution in [0.3, 0.4) is 0 Å². The molecular formula is C18H21F7N2O4. The lowest BCUT2D eigenvalue weighted by molar-refractivity contribution is -0.327. The zero-order valence-corrected chi connectivity index (χ0v) is 16.8. The third-order valence-corrected chi connectivity index (χ3v) is 4.14. The van der Waals surface area contributed by atoms with Crippen molar-refractivity contribution in [3.05, 3.63) is 12.7 Å². The number of rotatable bonds is 5. The van der Waals surface area contributed by atoms with Crippen molar-refractivity contribution in [1.29, 1.82) is 0 Å². The number of carbonyl (C=O) groups excluding carboxylic acids is 3. The molecule has 0 aromatic rings. The fourth-order valence-corrected chi connectivity index (χ4v) is 2.56. The number of barbiturate groups is 1. The zero-order valence-electron chi connectivity index (χ0n) is 16.8. The first kappa shape index (κ1) is 28.4. The summed E-state index contributed by atoms with van der Waals surface area (Å²) in [5.41, 5.74) is -1.37. The minimum atomic E-state index is -5.63. The van der Waals surface area contributed by atoms with Crippen LogP contribution in [0, 0.1) is 23.2 Å². The third-order valence-electron chi connectivity index (χ3n) is 4.14. The normalized spacial score (nSPS) is 20.4. The topological polar surface area (TPSA) is 75.7 Å². The van der Waals surface area contributed by atoms with Crippen LogP contribution in [0.4, 0.5) is 35.5 Å². The lowest BCUT2D eigenvalue weighted by atomic mass is 9.71. The van der Waals surface area contributed by atoms with Crippen LogP contribution >= 0.6 is 0 Å². The van der Waals surface area contributed by atoms with Gasteiger partial charge in [0.05, 0.1) is 0 Å². The van der Waals surface area contributed by atoms with Gasteiger partial charge in [-0.15, -0.1) is 12.5 Å². The monoisotopic (exact) mass is 462 g/mol. The Balaban J connectivity index is 0.000000649. The number of nitrogens with one attached hydrogen (secondary N) is 1. The summed E-state index contributed by atoms with van der Waals surface area (Å²) >= 11 is 0. The van der Waals surface area contributed by atoms with Crippen LogP contribution < -0.4 is 5.32 Å². The van der Waals surface area contributed by atoms with E-state index < -0.39 is 54.5 Å². The summed E-state index contributed by atoms with van der Waals surface area (Å²) in [6.45, 7) is 5.06. The van der Waals surface area contributed by atoms with Crippen molar-refractivity contribution in [3.63, 3.8) is 0 Å². The van der Waals surface area contributed by atoms with Crippen molar-refractivity contribution in [2.24, 2.45) is 11.3 Å². The quantitative estimate of drug-likeness (QED) is 0.293. The summed E-state index contributed by atoms with van der Waals surface area (Å²) in [6, 6.07) is -0.703. The number of amides is 4. The third kappa shape index (κ3) is 6.95. The van der Waals surface area contributed by atoms with Gasteiger partial charge in [0, 0.05) is 19.4 Å². The molecule has 1 rings (SSSR count). The molecule has 0 saturated carbocycles. The first-order valence-electron chi connectivity index (χ1n) is 8.65. The molecule has 0 bridgehead atoms. The number of urea groups is 1. The summed E-state index contributed by atoms with van der Waals surface area (Å²) in [5, 5.41) is 2.20. The number of imide groups is 2. The highest BCUT2D eigenvalue weighted by Crippen LogP contribution is 2.37. The maximum Gasteiger partial charge on any atom is 0.423 e.